The first-order valence-corrected chi connectivity index (χ1v) is 4.46. The predicted octanol–water partition coefficient (Wildman–Crippen LogP) is 0.916. The van der Waals surface area contributed by atoms with Crippen LogP contribution in [0.1, 0.15) is 20.3 Å². The number of hydrogen-bond donors (Lipinski definition) is 0. The lowest BCUT2D eigenvalue weighted by molar-refractivity contribution is -0.144. The van der Waals surface area contributed by atoms with E-state index in [1.165, 1.54) is 6.42 Å². The first-order valence-electron chi connectivity index (χ1n) is 4.46. The summed E-state index contributed by atoms with van der Waals surface area (Å²) in [6.07, 6.45) is 1.17. The van der Waals surface area contributed by atoms with Crippen LogP contribution in [0.4, 0.5) is 0 Å². The summed E-state index contributed by atoms with van der Waals surface area (Å²) in [6, 6.07) is 0.619. The van der Waals surface area contributed by atoms with Gasteiger partial charge in [0.2, 0.25) is 0 Å². The molecule has 2 heterocycles. The smallest absolute Gasteiger partial charge is 0.141 e. The Kier molecular flexibility index (Phi) is 1.53. The van der Waals surface area contributed by atoms with Crippen molar-refractivity contribution in [2.45, 2.75) is 26.3 Å². The molecule has 62 valence electrons. The molecule has 0 spiro atoms. The van der Waals surface area contributed by atoms with Gasteiger partial charge < -0.3 is 0 Å². The minimum Gasteiger partial charge on any atom is -0.300 e. The SMILES string of the molecule is CC(C)N1C[C@H]2C[C@H](C1)C2=O. The molecule has 0 aromatic carbocycles. The number of nitrogens with zero attached hydrogens (tertiary/aromatic N) is 1. The van der Waals surface area contributed by atoms with Crippen molar-refractivity contribution in [3.05, 3.63) is 0 Å². The van der Waals surface area contributed by atoms with Gasteiger partial charge in [-0.25, -0.2) is 0 Å². The van der Waals surface area contributed by atoms with Crippen molar-refractivity contribution in [1.29, 1.82) is 0 Å². The molecule has 1 aliphatic carbocycles. The van der Waals surface area contributed by atoms with Crippen LogP contribution in [0.2, 0.25) is 0 Å². The van der Waals surface area contributed by atoms with Crippen LogP contribution < -0.4 is 0 Å². The van der Waals surface area contributed by atoms with Crippen LogP contribution in [0.3, 0.4) is 0 Å². The zero-order valence-electron chi connectivity index (χ0n) is 7.21. The van der Waals surface area contributed by atoms with Gasteiger partial charge in [-0.15, -0.1) is 0 Å². The molecule has 3 fully saturated rings. The molecular weight excluding hydrogens is 138 g/mol. The molecule has 1 saturated carbocycles. The Hall–Kier alpha value is -0.370. The molecule has 0 radical (unpaired) electrons. The molecule has 2 heteroatoms. The predicted molar refractivity (Wildman–Crippen MR) is 43.3 cm³/mol. The summed E-state index contributed by atoms with van der Waals surface area (Å²) in [7, 11) is 0. The third kappa shape index (κ3) is 1.00. The first-order chi connectivity index (χ1) is 5.18. The molecule has 2 nitrogen and oxygen atoms in total. The van der Waals surface area contributed by atoms with Crippen molar-refractivity contribution in [3.63, 3.8) is 0 Å². The van der Waals surface area contributed by atoms with Gasteiger partial charge in [-0.1, -0.05) is 0 Å². The Bertz CT molecular complexity index is 174. The third-order valence-electron chi connectivity index (χ3n) is 3.01. The summed E-state index contributed by atoms with van der Waals surface area (Å²) in [4.78, 5) is 13.6. The fourth-order valence-electron chi connectivity index (χ4n) is 2.14. The van der Waals surface area contributed by atoms with E-state index in [0.717, 1.165) is 13.1 Å². The highest BCUT2D eigenvalue weighted by atomic mass is 16.1. The molecule has 11 heavy (non-hydrogen) atoms. The van der Waals surface area contributed by atoms with Gasteiger partial charge in [0.25, 0.3) is 0 Å². The van der Waals surface area contributed by atoms with E-state index in [1.54, 1.807) is 0 Å². The number of rotatable bonds is 1. The summed E-state index contributed by atoms with van der Waals surface area (Å²) in [5.41, 5.74) is 0. The van der Waals surface area contributed by atoms with Crippen LogP contribution in [0.5, 0.6) is 0 Å². The van der Waals surface area contributed by atoms with Crippen molar-refractivity contribution < 1.29 is 4.79 Å². The maximum absolute atomic E-state index is 11.2. The molecule has 3 aliphatic rings. The highest BCUT2D eigenvalue weighted by molar-refractivity contribution is 5.90. The largest absolute Gasteiger partial charge is 0.300 e. The van der Waals surface area contributed by atoms with Crippen molar-refractivity contribution in [1.82, 2.24) is 4.90 Å². The van der Waals surface area contributed by atoms with Crippen molar-refractivity contribution >= 4 is 5.78 Å². The van der Waals surface area contributed by atoms with Crippen LogP contribution >= 0.6 is 0 Å². The molecule has 0 amide bonds. The molecule has 0 aromatic rings. The third-order valence-corrected chi connectivity index (χ3v) is 3.01. The maximum atomic E-state index is 11.2. The molecule has 2 bridgehead atoms. The van der Waals surface area contributed by atoms with Crippen LogP contribution in [-0.4, -0.2) is 29.8 Å². The number of carbonyl (C=O) groups excluding carboxylic acids is 1. The van der Waals surface area contributed by atoms with E-state index in [-0.39, 0.29) is 0 Å². The lowest BCUT2D eigenvalue weighted by atomic mass is 9.69. The normalized spacial score (nSPS) is 37.5. The van der Waals surface area contributed by atoms with Gasteiger partial charge in [0.1, 0.15) is 5.78 Å². The van der Waals surface area contributed by atoms with Gasteiger partial charge in [-0.2, -0.15) is 0 Å². The van der Waals surface area contributed by atoms with E-state index in [1.807, 2.05) is 0 Å². The van der Waals surface area contributed by atoms with Gasteiger partial charge in [-0.3, -0.25) is 9.69 Å². The lowest BCUT2D eigenvalue weighted by Crippen LogP contribution is -2.57. The number of piperidine rings is 2. The second kappa shape index (κ2) is 2.31. The summed E-state index contributed by atoms with van der Waals surface area (Å²) in [5.74, 6) is 1.33. The van der Waals surface area contributed by atoms with Crippen molar-refractivity contribution in [2.75, 3.05) is 13.1 Å². The van der Waals surface area contributed by atoms with E-state index in [9.17, 15) is 4.79 Å². The van der Waals surface area contributed by atoms with Gasteiger partial charge in [0.05, 0.1) is 0 Å². The molecule has 0 aromatic heterocycles. The van der Waals surface area contributed by atoms with E-state index in [0.29, 0.717) is 23.7 Å². The average Bonchev–Trinajstić information content (AvgIpc) is 2.03. The minimum absolute atomic E-state index is 0.399. The Morgan fingerprint density at radius 3 is 2.27 bits per heavy atom. The number of fused-ring (bicyclic) bond motifs is 2. The monoisotopic (exact) mass is 153 g/mol. The van der Waals surface area contributed by atoms with Crippen LogP contribution in [-0.2, 0) is 4.79 Å². The summed E-state index contributed by atoms with van der Waals surface area (Å²) >= 11 is 0. The van der Waals surface area contributed by atoms with E-state index in [4.69, 9.17) is 0 Å². The highest BCUT2D eigenvalue weighted by Gasteiger charge is 2.45. The van der Waals surface area contributed by atoms with Crippen molar-refractivity contribution in [2.24, 2.45) is 11.8 Å². The highest BCUT2D eigenvalue weighted by Crippen LogP contribution is 2.36. The van der Waals surface area contributed by atoms with Gasteiger partial charge >= 0.3 is 0 Å². The Labute approximate surface area is 67.6 Å². The molecule has 0 unspecified atom stereocenters. The second-order valence-corrected chi connectivity index (χ2v) is 4.08. The molecule has 2 atom stereocenters. The van der Waals surface area contributed by atoms with Crippen molar-refractivity contribution in [3.8, 4) is 0 Å². The topological polar surface area (TPSA) is 20.3 Å². The van der Waals surface area contributed by atoms with Gasteiger partial charge in [-0.05, 0) is 20.3 Å². The molecule has 2 aliphatic heterocycles. The summed E-state index contributed by atoms with van der Waals surface area (Å²) in [5, 5.41) is 0. The Morgan fingerprint density at radius 2 is 1.91 bits per heavy atom. The Balaban J connectivity index is 1.99. The van der Waals surface area contributed by atoms with Crippen LogP contribution in [0.25, 0.3) is 0 Å². The summed E-state index contributed by atoms with van der Waals surface area (Å²) in [6.45, 7) is 6.45. The number of hydrogen-bond acceptors (Lipinski definition) is 2. The van der Waals surface area contributed by atoms with Crippen LogP contribution in [0, 0.1) is 11.8 Å². The molecule has 3 rings (SSSR count). The second-order valence-electron chi connectivity index (χ2n) is 4.08. The van der Waals surface area contributed by atoms with Gasteiger partial charge in [0, 0.05) is 31.0 Å². The van der Waals surface area contributed by atoms with E-state index in [2.05, 4.69) is 18.7 Å². The maximum Gasteiger partial charge on any atom is 0.141 e. The quantitative estimate of drug-likeness (QED) is 0.558. The zero-order valence-corrected chi connectivity index (χ0v) is 7.21. The average molecular weight is 153 g/mol. The number of carbonyl (C=O) groups is 1. The standard InChI is InChI=1S/C9H15NO/c1-6(2)10-4-7-3-8(5-10)9(7)11/h6-8H,3-5H2,1-2H3/t7-,8-/m1/s1. The molecule has 0 N–H and O–H groups in total. The number of ketones is 1. The lowest BCUT2D eigenvalue weighted by Gasteiger charge is -2.47. The van der Waals surface area contributed by atoms with Gasteiger partial charge in [0.15, 0.2) is 0 Å². The van der Waals surface area contributed by atoms with E-state index >= 15 is 0 Å². The minimum atomic E-state index is 0.399. The molecular formula is C9H15NO. The fourth-order valence-corrected chi connectivity index (χ4v) is 2.14. The number of Topliss-reactive ketones (excluding diaryl/α,β-unsaturated/α-hetero) is 1. The van der Waals surface area contributed by atoms with E-state index < -0.39 is 0 Å². The first kappa shape index (κ1) is 7.29. The summed E-state index contributed by atoms with van der Waals surface area (Å²) < 4.78 is 0. The van der Waals surface area contributed by atoms with Crippen LogP contribution in [0.15, 0.2) is 0 Å². The Morgan fingerprint density at radius 1 is 1.36 bits per heavy atom. The fraction of sp³-hybridized carbons (Fsp3) is 0.889. The molecule has 2 saturated heterocycles. The zero-order chi connectivity index (χ0) is 8.01.